The lowest BCUT2D eigenvalue weighted by Crippen LogP contribution is -2.07. The first-order valence-corrected chi connectivity index (χ1v) is 6.81. The number of rotatable bonds is 6. The number of anilines is 1. The molecular formula is C17H18N2O2. The lowest BCUT2D eigenvalue weighted by atomic mass is 10.1. The molecule has 0 heterocycles. The molecular weight excluding hydrogens is 264 g/mol. The molecule has 21 heavy (non-hydrogen) atoms. The van der Waals surface area contributed by atoms with Gasteiger partial charge in [-0.05, 0) is 24.6 Å². The van der Waals surface area contributed by atoms with Crippen molar-refractivity contribution in [2.75, 3.05) is 5.43 Å². The van der Waals surface area contributed by atoms with Gasteiger partial charge in [-0.2, -0.15) is 5.10 Å². The van der Waals surface area contributed by atoms with E-state index in [9.17, 15) is 4.79 Å². The fraction of sp³-hybridized carbons (Fsp3) is 0.176. The Morgan fingerprint density at radius 2 is 1.71 bits per heavy atom. The van der Waals surface area contributed by atoms with Gasteiger partial charge >= 0.3 is 5.97 Å². The number of carboxylic acid groups (broad SMARTS) is 1. The van der Waals surface area contributed by atoms with Crippen molar-refractivity contribution in [1.29, 1.82) is 0 Å². The van der Waals surface area contributed by atoms with Gasteiger partial charge in [0, 0.05) is 6.42 Å². The van der Waals surface area contributed by atoms with E-state index in [1.807, 2.05) is 61.5 Å². The number of hydrogen-bond donors (Lipinski definition) is 2. The summed E-state index contributed by atoms with van der Waals surface area (Å²) in [5.74, 6) is -0.825. The molecule has 2 N–H and O–H groups in total. The number of nitrogens with one attached hydrogen (secondary N) is 1. The van der Waals surface area contributed by atoms with Crippen molar-refractivity contribution in [3.8, 4) is 0 Å². The van der Waals surface area contributed by atoms with E-state index in [2.05, 4.69) is 10.5 Å². The molecule has 0 spiro atoms. The van der Waals surface area contributed by atoms with Gasteiger partial charge in [-0.25, -0.2) is 0 Å². The summed E-state index contributed by atoms with van der Waals surface area (Å²) in [6.07, 6.45) is 0.446. The van der Waals surface area contributed by atoms with Crippen LogP contribution in [0.5, 0.6) is 0 Å². The first-order valence-electron chi connectivity index (χ1n) is 6.81. The number of hydrogen-bond acceptors (Lipinski definition) is 3. The fourth-order valence-electron chi connectivity index (χ4n) is 1.88. The van der Waals surface area contributed by atoms with Crippen LogP contribution >= 0.6 is 0 Å². The standard InChI is InChI=1S/C17H18N2O2/c1-13-7-9-15(10-8-13)18-19-16(11-12-17(20)21)14-5-3-2-4-6-14/h2-10,18H,11-12H2,1H3,(H,20,21)/b19-16-. The van der Waals surface area contributed by atoms with E-state index < -0.39 is 5.97 Å². The number of benzene rings is 2. The Bertz CT molecular complexity index is 619. The molecule has 0 unspecified atom stereocenters. The van der Waals surface area contributed by atoms with E-state index in [1.54, 1.807) is 0 Å². The van der Waals surface area contributed by atoms with Crippen molar-refractivity contribution in [2.24, 2.45) is 5.10 Å². The van der Waals surface area contributed by atoms with Crippen molar-refractivity contribution in [3.05, 3.63) is 65.7 Å². The number of nitrogens with zero attached hydrogens (tertiary/aromatic N) is 1. The Hall–Kier alpha value is -2.62. The molecule has 0 atom stereocenters. The van der Waals surface area contributed by atoms with Crippen molar-refractivity contribution in [1.82, 2.24) is 0 Å². The molecule has 0 saturated heterocycles. The molecule has 4 nitrogen and oxygen atoms in total. The Morgan fingerprint density at radius 1 is 1.05 bits per heavy atom. The van der Waals surface area contributed by atoms with Crippen LogP contribution in [-0.4, -0.2) is 16.8 Å². The van der Waals surface area contributed by atoms with Crippen molar-refractivity contribution in [3.63, 3.8) is 0 Å². The van der Waals surface area contributed by atoms with Gasteiger partial charge in [0.2, 0.25) is 0 Å². The highest BCUT2D eigenvalue weighted by Crippen LogP contribution is 2.11. The third-order valence-electron chi connectivity index (χ3n) is 3.05. The molecule has 2 aromatic rings. The van der Waals surface area contributed by atoms with Gasteiger partial charge in [-0.15, -0.1) is 0 Å². The van der Waals surface area contributed by atoms with Crippen LogP contribution in [0.25, 0.3) is 0 Å². The maximum atomic E-state index is 10.8. The summed E-state index contributed by atoms with van der Waals surface area (Å²) in [5, 5.41) is 13.2. The first-order chi connectivity index (χ1) is 10.1. The van der Waals surface area contributed by atoms with Crippen LogP contribution in [0.2, 0.25) is 0 Å². The molecule has 0 aliphatic heterocycles. The van der Waals surface area contributed by atoms with Gasteiger partial charge in [-0.1, -0.05) is 48.0 Å². The molecule has 2 rings (SSSR count). The Morgan fingerprint density at radius 3 is 2.33 bits per heavy atom. The van der Waals surface area contributed by atoms with Crippen molar-refractivity contribution in [2.45, 2.75) is 19.8 Å². The quantitative estimate of drug-likeness (QED) is 0.627. The third kappa shape index (κ3) is 4.76. The predicted octanol–water partition coefficient (Wildman–Crippen LogP) is 3.68. The van der Waals surface area contributed by atoms with Gasteiger partial charge in [0.15, 0.2) is 0 Å². The molecule has 0 bridgehead atoms. The lowest BCUT2D eigenvalue weighted by molar-refractivity contribution is -0.136. The molecule has 0 amide bonds. The highest BCUT2D eigenvalue weighted by Gasteiger charge is 2.06. The van der Waals surface area contributed by atoms with Gasteiger partial charge in [0.05, 0.1) is 17.8 Å². The highest BCUT2D eigenvalue weighted by atomic mass is 16.4. The monoisotopic (exact) mass is 282 g/mol. The molecule has 0 saturated carbocycles. The summed E-state index contributed by atoms with van der Waals surface area (Å²) in [6, 6.07) is 17.5. The Balaban J connectivity index is 2.16. The van der Waals surface area contributed by atoms with Gasteiger partial charge < -0.3 is 5.11 Å². The number of carbonyl (C=O) groups is 1. The number of hydrazone groups is 1. The van der Waals surface area contributed by atoms with Crippen LogP contribution in [0.1, 0.15) is 24.0 Å². The van der Waals surface area contributed by atoms with Crippen LogP contribution in [0.15, 0.2) is 59.7 Å². The average molecular weight is 282 g/mol. The van der Waals surface area contributed by atoms with Gasteiger partial charge in [-0.3, -0.25) is 10.2 Å². The molecule has 108 valence electrons. The molecule has 4 heteroatoms. The minimum absolute atomic E-state index is 0.0588. The minimum atomic E-state index is -0.825. The van der Waals surface area contributed by atoms with E-state index in [1.165, 1.54) is 5.56 Å². The Labute approximate surface area is 124 Å². The first kappa shape index (κ1) is 14.8. The van der Waals surface area contributed by atoms with Crippen LogP contribution < -0.4 is 5.43 Å². The van der Waals surface area contributed by atoms with E-state index in [0.29, 0.717) is 6.42 Å². The van der Waals surface area contributed by atoms with Gasteiger partial charge in [0.25, 0.3) is 0 Å². The Kier molecular flexibility index (Phi) is 5.10. The zero-order chi connectivity index (χ0) is 15.1. The van der Waals surface area contributed by atoms with Crippen molar-refractivity contribution >= 4 is 17.4 Å². The molecule has 0 aliphatic rings. The third-order valence-corrected chi connectivity index (χ3v) is 3.05. The molecule has 0 radical (unpaired) electrons. The highest BCUT2D eigenvalue weighted by molar-refractivity contribution is 6.02. The predicted molar refractivity (Wildman–Crippen MR) is 84.7 cm³/mol. The largest absolute Gasteiger partial charge is 0.481 e. The van der Waals surface area contributed by atoms with Crippen LogP contribution in [0.4, 0.5) is 5.69 Å². The molecule has 0 aromatic heterocycles. The molecule has 0 fully saturated rings. The summed E-state index contributed by atoms with van der Waals surface area (Å²) in [7, 11) is 0. The van der Waals surface area contributed by atoms with Gasteiger partial charge in [0.1, 0.15) is 0 Å². The number of aliphatic carboxylic acids is 1. The molecule has 0 aliphatic carbocycles. The average Bonchev–Trinajstić information content (AvgIpc) is 2.50. The van der Waals surface area contributed by atoms with E-state index >= 15 is 0 Å². The van der Waals surface area contributed by atoms with Crippen molar-refractivity contribution < 1.29 is 9.90 Å². The summed E-state index contributed by atoms with van der Waals surface area (Å²) in [4.78, 5) is 10.8. The normalized spacial score (nSPS) is 11.2. The van der Waals surface area contributed by atoms with E-state index in [4.69, 9.17) is 5.11 Å². The smallest absolute Gasteiger partial charge is 0.303 e. The van der Waals surface area contributed by atoms with Crippen LogP contribution in [0.3, 0.4) is 0 Å². The topological polar surface area (TPSA) is 61.7 Å². The summed E-state index contributed by atoms with van der Waals surface area (Å²) < 4.78 is 0. The second kappa shape index (κ2) is 7.24. The SMILES string of the molecule is Cc1ccc(N/N=C(/CCC(=O)O)c2ccccc2)cc1. The number of aryl methyl sites for hydroxylation is 1. The van der Waals surface area contributed by atoms with E-state index in [0.717, 1.165) is 17.0 Å². The zero-order valence-electron chi connectivity index (χ0n) is 11.9. The second-order valence-electron chi connectivity index (χ2n) is 4.80. The summed E-state index contributed by atoms with van der Waals surface area (Å²) in [6.45, 7) is 2.02. The van der Waals surface area contributed by atoms with Crippen LogP contribution in [-0.2, 0) is 4.79 Å². The molecule has 2 aromatic carbocycles. The second-order valence-corrected chi connectivity index (χ2v) is 4.80. The summed E-state index contributed by atoms with van der Waals surface area (Å²) in [5.41, 5.74) is 6.71. The van der Waals surface area contributed by atoms with E-state index in [-0.39, 0.29) is 6.42 Å². The fourth-order valence-corrected chi connectivity index (χ4v) is 1.88. The minimum Gasteiger partial charge on any atom is -0.481 e. The summed E-state index contributed by atoms with van der Waals surface area (Å²) >= 11 is 0. The van der Waals surface area contributed by atoms with Crippen LogP contribution in [0, 0.1) is 6.92 Å². The maximum Gasteiger partial charge on any atom is 0.303 e. The zero-order valence-corrected chi connectivity index (χ0v) is 11.9. The number of carboxylic acids is 1. The lowest BCUT2D eigenvalue weighted by Gasteiger charge is -2.07. The maximum absolute atomic E-state index is 10.8.